The maximum absolute atomic E-state index is 13.4. The molecule has 0 aliphatic carbocycles. The van der Waals surface area contributed by atoms with Crippen LogP contribution in [0.2, 0.25) is 0 Å². The van der Waals surface area contributed by atoms with E-state index in [1.54, 1.807) is 4.90 Å². The van der Waals surface area contributed by atoms with Gasteiger partial charge in [-0.1, -0.05) is 6.92 Å². The molecule has 1 aromatic carbocycles. The molecule has 1 aliphatic heterocycles. The van der Waals surface area contributed by atoms with Gasteiger partial charge in [-0.05, 0) is 37.8 Å². The van der Waals surface area contributed by atoms with Crippen LogP contribution in [0.1, 0.15) is 32.6 Å². The quantitative estimate of drug-likeness (QED) is 0.811. The first-order valence-corrected chi connectivity index (χ1v) is 9.81. The Hall–Kier alpha value is -1.70. The zero-order valence-corrected chi connectivity index (χ0v) is 14.7. The van der Waals surface area contributed by atoms with E-state index >= 15 is 0 Å². The maximum Gasteiger partial charge on any atom is 0.243 e. The number of rotatable bonds is 5. The number of halogens is 2. The molecular weight excluding hydrogens is 338 g/mol. The first-order valence-electron chi connectivity index (χ1n) is 7.96. The van der Waals surface area contributed by atoms with Gasteiger partial charge in [-0.15, -0.1) is 0 Å². The number of likely N-dealkylation sites (tertiary alicyclic amines) is 1. The normalized spacial score (nSPS) is 18.5. The topological polar surface area (TPSA) is 57.7 Å². The molecule has 0 radical (unpaired) electrons. The number of benzene rings is 1. The smallest absolute Gasteiger partial charge is 0.243 e. The summed E-state index contributed by atoms with van der Waals surface area (Å²) < 4.78 is 51.4. The lowest BCUT2D eigenvalue weighted by Crippen LogP contribution is -2.49. The fourth-order valence-corrected chi connectivity index (χ4v) is 3.85. The van der Waals surface area contributed by atoms with Crippen molar-refractivity contribution in [1.82, 2.24) is 4.90 Å². The Morgan fingerprint density at radius 2 is 2.00 bits per heavy atom. The number of nitrogens with zero attached hydrogens (tertiary/aromatic N) is 2. The Kier molecular flexibility index (Phi) is 5.79. The molecule has 1 amide bonds. The highest BCUT2D eigenvalue weighted by molar-refractivity contribution is 7.92. The Balaban J connectivity index is 2.26. The minimum absolute atomic E-state index is 0.0604. The van der Waals surface area contributed by atoms with E-state index < -0.39 is 28.2 Å². The number of hydrogen-bond donors (Lipinski definition) is 0. The van der Waals surface area contributed by atoms with E-state index in [-0.39, 0.29) is 17.6 Å². The first kappa shape index (κ1) is 18.6. The van der Waals surface area contributed by atoms with Crippen molar-refractivity contribution in [2.45, 2.75) is 38.6 Å². The zero-order valence-electron chi connectivity index (χ0n) is 13.8. The number of piperidine rings is 1. The largest absolute Gasteiger partial charge is 0.338 e. The van der Waals surface area contributed by atoms with Gasteiger partial charge in [0.1, 0.15) is 6.54 Å². The molecule has 0 spiro atoms. The number of carbonyl (C=O) groups is 1. The highest BCUT2D eigenvalue weighted by Gasteiger charge is 2.29. The van der Waals surface area contributed by atoms with E-state index in [1.165, 1.54) is 0 Å². The summed E-state index contributed by atoms with van der Waals surface area (Å²) >= 11 is 0. The average molecular weight is 360 g/mol. The molecule has 0 aromatic heterocycles. The summed E-state index contributed by atoms with van der Waals surface area (Å²) in [5.74, 6) is -2.55. The summed E-state index contributed by atoms with van der Waals surface area (Å²) in [6, 6.07) is 2.89. The summed E-state index contributed by atoms with van der Waals surface area (Å²) in [5.41, 5.74) is -0.0604. The van der Waals surface area contributed by atoms with Crippen molar-refractivity contribution in [2.75, 3.05) is 23.7 Å². The van der Waals surface area contributed by atoms with Gasteiger partial charge in [0, 0.05) is 18.7 Å². The molecule has 134 valence electrons. The van der Waals surface area contributed by atoms with Gasteiger partial charge in [-0.2, -0.15) is 0 Å². The van der Waals surface area contributed by atoms with Gasteiger partial charge < -0.3 is 4.90 Å². The van der Waals surface area contributed by atoms with Crippen molar-refractivity contribution < 1.29 is 22.0 Å². The summed E-state index contributed by atoms with van der Waals surface area (Å²) in [5, 5.41) is 0. The second-order valence-corrected chi connectivity index (χ2v) is 7.92. The van der Waals surface area contributed by atoms with Gasteiger partial charge in [0.05, 0.1) is 11.9 Å². The fraction of sp³-hybridized carbons (Fsp3) is 0.562. The molecule has 24 heavy (non-hydrogen) atoms. The monoisotopic (exact) mass is 360 g/mol. The van der Waals surface area contributed by atoms with E-state index in [0.29, 0.717) is 6.54 Å². The second-order valence-electron chi connectivity index (χ2n) is 6.01. The van der Waals surface area contributed by atoms with Crippen molar-refractivity contribution in [3.8, 4) is 0 Å². The lowest BCUT2D eigenvalue weighted by molar-refractivity contribution is -0.133. The first-order chi connectivity index (χ1) is 11.2. The van der Waals surface area contributed by atoms with E-state index in [2.05, 4.69) is 0 Å². The van der Waals surface area contributed by atoms with Crippen LogP contribution in [0.3, 0.4) is 0 Å². The molecule has 1 aliphatic rings. The van der Waals surface area contributed by atoms with Gasteiger partial charge in [0.15, 0.2) is 11.6 Å². The number of sulfonamides is 1. The second kappa shape index (κ2) is 7.46. The summed E-state index contributed by atoms with van der Waals surface area (Å²) in [6.07, 6.45) is 4.56. The van der Waals surface area contributed by atoms with Crippen LogP contribution in [-0.4, -0.2) is 44.6 Å². The van der Waals surface area contributed by atoms with Crippen molar-refractivity contribution in [3.63, 3.8) is 0 Å². The third kappa shape index (κ3) is 4.23. The molecular formula is C16H22F2N2O3S. The van der Waals surface area contributed by atoms with Crippen molar-refractivity contribution in [2.24, 2.45) is 0 Å². The van der Waals surface area contributed by atoms with Crippen LogP contribution in [0.15, 0.2) is 18.2 Å². The Bertz CT molecular complexity index is 709. The molecule has 1 heterocycles. The standard InChI is InChI=1S/C16H22F2N2O3S/c1-3-12-6-4-5-9-19(12)16(21)11-20(24(2,22)23)13-7-8-14(17)15(18)10-13/h7-8,10,12H,3-6,9,11H2,1-2H3. The molecule has 5 nitrogen and oxygen atoms in total. The van der Waals surface area contributed by atoms with Gasteiger partial charge >= 0.3 is 0 Å². The number of amides is 1. The molecule has 0 saturated carbocycles. The highest BCUT2D eigenvalue weighted by Crippen LogP contribution is 2.23. The fourth-order valence-electron chi connectivity index (χ4n) is 3.01. The predicted molar refractivity (Wildman–Crippen MR) is 88.2 cm³/mol. The third-order valence-corrected chi connectivity index (χ3v) is 5.43. The lowest BCUT2D eigenvalue weighted by atomic mass is 10.00. The molecule has 1 aromatic rings. The van der Waals surface area contributed by atoms with Crippen LogP contribution in [0.5, 0.6) is 0 Å². The van der Waals surface area contributed by atoms with Gasteiger partial charge in [0.25, 0.3) is 0 Å². The van der Waals surface area contributed by atoms with E-state index in [1.807, 2.05) is 6.92 Å². The Morgan fingerprint density at radius 3 is 2.58 bits per heavy atom. The van der Waals surface area contributed by atoms with E-state index in [9.17, 15) is 22.0 Å². The Morgan fingerprint density at radius 1 is 1.29 bits per heavy atom. The van der Waals surface area contributed by atoms with Crippen LogP contribution in [0.4, 0.5) is 14.5 Å². The molecule has 1 unspecified atom stereocenters. The minimum atomic E-state index is -3.81. The van der Waals surface area contributed by atoms with Crippen LogP contribution in [0, 0.1) is 11.6 Å². The zero-order chi connectivity index (χ0) is 17.9. The molecule has 0 N–H and O–H groups in total. The third-order valence-electron chi connectivity index (χ3n) is 4.29. The van der Waals surface area contributed by atoms with Crippen molar-refractivity contribution >= 4 is 21.6 Å². The molecule has 8 heteroatoms. The van der Waals surface area contributed by atoms with Crippen LogP contribution >= 0.6 is 0 Å². The van der Waals surface area contributed by atoms with Gasteiger partial charge in [-0.25, -0.2) is 17.2 Å². The average Bonchev–Trinajstić information content (AvgIpc) is 2.54. The predicted octanol–water partition coefficient (Wildman–Crippen LogP) is 2.52. The lowest BCUT2D eigenvalue weighted by Gasteiger charge is -2.36. The summed E-state index contributed by atoms with van der Waals surface area (Å²) in [6.45, 7) is 2.16. The number of hydrogen-bond acceptors (Lipinski definition) is 3. The number of carbonyl (C=O) groups excluding carboxylic acids is 1. The van der Waals surface area contributed by atoms with E-state index in [4.69, 9.17) is 0 Å². The van der Waals surface area contributed by atoms with Crippen LogP contribution in [-0.2, 0) is 14.8 Å². The minimum Gasteiger partial charge on any atom is -0.338 e. The molecule has 1 atom stereocenters. The molecule has 2 rings (SSSR count). The van der Waals surface area contributed by atoms with Gasteiger partial charge in [-0.3, -0.25) is 9.10 Å². The summed E-state index contributed by atoms with van der Waals surface area (Å²) in [4.78, 5) is 14.3. The maximum atomic E-state index is 13.4. The molecule has 1 saturated heterocycles. The van der Waals surface area contributed by atoms with E-state index in [0.717, 1.165) is 54.4 Å². The highest BCUT2D eigenvalue weighted by atomic mass is 32.2. The van der Waals surface area contributed by atoms with Crippen LogP contribution < -0.4 is 4.31 Å². The Labute approximate surface area is 141 Å². The SMILES string of the molecule is CCC1CCCCN1C(=O)CN(c1ccc(F)c(F)c1)S(C)(=O)=O. The van der Waals surface area contributed by atoms with Crippen LogP contribution in [0.25, 0.3) is 0 Å². The molecule has 1 fully saturated rings. The van der Waals surface area contributed by atoms with Gasteiger partial charge in [0.2, 0.25) is 15.9 Å². The summed E-state index contributed by atoms with van der Waals surface area (Å²) in [7, 11) is -3.81. The van der Waals surface area contributed by atoms with Crippen molar-refractivity contribution in [3.05, 3.63) is 29.8 Å². The number of anilines is 1. The van der Waals surface area contributed by atoms with Crippen molar-refractivity contribution in [1.29, 1.82) is 0 Å². The molecule has 0 bridgehead atoms.